The molecule has 2 aromatic rings. The largest absolute Gasteiger partial charge is 0.348 e. The predicted molar refractivity (Wildman–Crippen MR) is 111 cm³/mol. The Morgan fingerprint density at radius 3 is 2.41 bits per heavy atom. The number of aromatic nitrogens is 2. The fourth-order valence-corrected chi connectivity index (χ4v) is 4.64. The summed E-state index contributed by atoms with van der Waals surface area (Å²) in [6.07, 6.45) is 3.44. The highest BCUT2D eigenvalue weighted by Crippen LogP contribution is 2.24. The number of nitrogens with one attached hydrogen (secondary N) is 1. The van der Waals surface area contributed by atoms with Crippen LogP contribution >= 0.6 is 0 Å². The minimum absolute atomic E-state index is 0.288. The first-order valence-corrected chi connectivity index (χ1v) is 10.4. The summed E-state index contributed by atoms with van der Waals surface area (Å²) in [5.41, 5.74) is 2.10. The van der Waals surface area contributed by atoms with Crippen LogP contribution in [0.25, 0.3) is 11.0 Å². The van der Waals surface area contributed by atoms with Gasteiger partial charge < -0.3 is 5.32 Å². The number of hydrogen-bond acceptors (Lipinski definition) is 5. The molecule has 8 heteroatoms. The van der Waals surface area contributed by atoms with Gasteiger partial charge in [-0.1, -0.05) is 12.1 Å². The maximum absolute atomic E-state index is 13.0. The summed E-state index contributed by atoms with van der Waals surface area (Å²) in [5, 5.41) is 4.30. The van der Waals surface area contributed by atoms with Crippen molar-refractivity contribution in [1.29, 1.82) is 0 Å². The number of imidazole rings is 1. The normalized spacial score (nSPS) is 19.4. The predicted octanol–water partition coefficient (Wildman–Crippen LogP) is 0.946. The van der Waals surface area contributed by atoms with Gasteiger partial charge >= 0.3 is 5.69 Å². The zero-order valence-electron chi connectivity index (χ0n) is 17.2. The van der Waals surface area contributed by atoms with Crippen LogP contribution in [0.1, 0.15) is 37.7 Å². The van der Waals surface area contributed by atoms with Crippen molar-refractivity contribution in [3.63, 3.8) is 0 Å². The molecular weight excluding hydrogens is 370 g/mol. The second-order valence-electron chi connectivity index (χ2n) is 8.17. The number of benzene rings is 1. The first kappa shape index (κ1) is 19.8. The molecule has 0 unspecified atom stereocenters. The van der Waals surface area contributed by atoms with E-state index in [0.29, 0.717) is 17.9 Å². The number of nitrogens with zero attached hydrogens (tertiary/aromatic N) is 4. The van der Waals surface area contributed by atoms with E-state index in [1.54, 1.807) is 11.6 Å². The summed E-state index contributed by atoms with van der Waals surface area (Å²) < 4.78 is 2.83. The molecule has 2 aliphatic rings. The third-order valence-electron chi connectivity index (χ3n) is 6.18. The molecular formula is C21H29N5O3. The number of fused-ring (bicyclic) bond motifs is 1. The molecule has 0 atom stereocenters. The molecule has 1 N–H and O–H groups in total. The number of aryl methyl sites for hydroxylation is 1. The molecule has 0 spiro atoms. The van der Waals surface area contributed by atoms with Crippen LogP contribution in [0.5, 0.6) is 0 Å². The Kier molecular flexibility index (Phi) is 5.56. The van der Waals surface area contributed by atoms with E-state index in [1.165, 1.54) is 4.68 Å². The minimum Gasteiger partial charge on any atom is -0.319 e. The smallest absolute Gasteiger partial charge is 0.319 e. The van der Waals surface area contributed by atoms with Gasteiger partial charge in [-0.15, -0.1) is 0 Å². The second kappa shape index (κ2) is 8.12. The first-order valence-electron chi connectivity index (χ1n) is 10.4. The third kappa shape index (κ3) is 3.62. The molecule has 2 amide bonds. The van der Waals surface area contributed by atoms with E-state index in [2.05, 4.69) is 10.2 Å². The summed E-state index contributed by atoms with van der Waals surface area (Å²) in [7, 11) is 3.71. The zero-order chi connectivity index (χ0) is 20.5. The number of imide groups is 1. The van der Waals surface area contributed by atoms with Gasteiger partial charge in [0.15, 0.2) is 0 Å². The number of likely N-dealkylation sites (tertiary alicyclic amines) is 1. The average molecular weight is 399 g/mol. The average Bonchev–Trinajstić information content (AvgIpc) is 2.96. The van der Waals surface area contributed by atoms with Crippen LogP contribution in [0.4, 0.5) is 0 Å². The SMILES string of the molecule is CNCC1CCN(Cc2cccc3c2n(C)c(=O)n3N2C(=O)CCCC2=O)CC1. The van der Waals surface area contributed by atoms with E-state index in [-0.39, 0.29) is 30.3 Å². The zero-order valence-corrected chi connectivity index (χ0v) is 17.2. The lowest BCUT2D eigenvalue weighted by molar-refractivity contribution is -0.131. The molecule has 156 valence electrons. The lowest BCUT2D eigenvalue weighted by Crippen LogP contribution is -2.52. The van der Waals surface area contributed by atoms with Crippen molar-refractivity contribution in [3.8, 4) is 0 Å². The van der Waals surface area contributed by atoms with Gasteiger partial charge in [0.05, 0.1) is 11.0 Å². The van der Waals surface area contributed by atoms with Crippen LogP contribution in [0, 0.1) is 5.92 Å². The molecule has 2 saturated heterocycles. The Balaban J connectivity index is 1.67. The van der Waals surface area contributed by atoms with Crippen LogP contribution in [-0.4, -0.2) is 52.6 Å². The molecule has 0 bridgehead atoms. The van der Waals surface area contributed by atoms with Crippen LogP contribution in [-0.2, 0) is 23.2 Å². The highest BCUT2D eigenvalue weighted by molar-refractivity contribution is 6.11. The van der Waals surface area contributed by atoms with E-state index < -0.39 is 0 Å². The van der Waals surface area contributed by atoms with E-state index in [0.717, 1.165) is 55.1 Å². The first-order chi connectivity index (χ1) is 14.0. The van der Waals surface area contributed by atoms with Crippen LogP contribution in [0.2, 0.25) is 0 Å². The summed E-state index contributed by atoms with van der Waals surface area (Å²) in [6, 6.07) is 5.75. The number of carbonyl (C=O) groups excluding carboxylic acids is 2. The molecule has 4 rings (SSSR count). The Bertz CT molecular complexity index is 968. The molecule has 2 aliphatic heterocycles. The van der Waals surface area contributed by atoms with Gasteiger partial charge in [0, 0.05) is 26.4 Å². The van der Waals surface area contributed by atoms with E-state index in [1.807, 2.05) is 25.2 Å². The molecule has 1 aromatic carbocycles. The highest BCUT2D eigenvalue weighted by atomic mass is 16.2. The number of amides is 2. The third-order valence-corrected chi connectivity index (χ3v) is 6.18. The molecule has 2 fully saturated rings. The van der Waals surface area contributed by atoms with E-state index in [9.17, 15) is 14.4 Å². The minimum atomic E-state index is -0.358. The quantitative estimate of drug-likeness (QED) is 0.758. The van der Waals surface area contributed by atoms with Gasteiger partial charge in [0.25, 0.3) is 0 Å². The van der Waals surface area contributed by atoms with Gasteiger partial charge in [-0.2, -0.15) is 9.69 Å². The standard InChI is InChI=1S/C21H29N5O3/c1-22-13-15-9-11-24(12-10-15)14-16-5-3-6-17-20(16)23(2)21(29)25(17)26-18(27)7-4-8-19(26)28/h3,5-6,15,22H,4,7-14H2,1-2H3. The van der Waals surface area contributed by atoms with Crippen molar-refractivity contribution in [3.05, 3.63) is 34.2 Å². The Morgan fingerprint density at radius 1 is 1.07 bits per heavy atom. The van der Waals surface area contributed by atoms with Gasteiger partial charge in [0.1, 0.15) is 0 Å². The molecule has 0 radical (unpaired) electrons. The van der Waals surface area contributed by atoms with Gasteiger partial charge in [-0.25, -0.2) is 4.79 Å². The number of para-hydroxylation sites is 1. The van der Waals surface area contributed by atoms with Gasteiger partial charge in [-0.3, -0.25) is 19.1 Å². The summed E-state index contributed by atoms with van der Waals surface area (Å²) >= 11 is 0. The number of rotatable bonds is 5. The van der Waals surface area contributed by atoms with Crippen molar-refractivity contribution in [2.75, 3.05) is 31.7 Å². The molecule has 1 aromatic heterocycles. The summed E-state index contributed by atoms with van der Waals surface area (Å²) in [5.74, 6) is 0.0920. The maximum Gasteiger partial charge on any atom is 0.348 e. The molecule has 3 heterocycles. The second-order valence-corrected chi connectivity index (χ2v) is 8.17. The van der Waals surface area contributed by atoms with Gasteiger partial charge in [-0.05, 0) is 63.5 Å². The van der Waals surface area contributed by atoms with Gasteiger partial charge in [0.2, 0.25) is 11.8 Å². The number of piperidine rings is 2. The fraction of sp³-hybridized carbons (Fsp3) is 0.571. The van der Waals surface area contributed by atoms with Crippen LogP contribution in [0.3, 0.4) is 0 Å². The summed E-state index contributed by atoms with van der Waals surface area (Å²) in [6.45, 7) is 3.86. The van der Waals surface area contributed by atoms with E-state index in [4.69, 9.17) is 0 Å². The van der Waals surface area contributed by atoms with Crippen molar-refractivity contribution in [2.24, 2.45) is 13.0 Å². The molecule has 29 heavy (non-hydrogen) atoms. The highest BCUT2D eigenvalue weighted by Gasteiger charge is 2.31. The Hall–Kier alpha value is -2.45. The monoisotopic (exact) mass is 399 g/mol. The lowest BCUT2D eigenvalue weighted by atomic mass is 9.96. The molecule has 0 aliphatic carbocycles. The van der Waals surface area contributed by atoms with Crippen molar-refractivity contribution >= 4 is 22.8 Å². The topological polar surface area (TPSA) is 79.6 Å². The maximum atomic E-state index is 13.0. The fourth-order valence-electron chi connectivity index (χ4n) is 4.64. The van der Waals surface area contributed by atoms with E-state index >= 15 is 0 Å². The Morgan fingerprint density at radius 2 is 1.76 bits per heavy atom. The summed E-state index contributed by atoms with van der Waals surface area (Å²) in [4.78, 5) is 40.3. The van der Waals surface area contributed by atoms with Crippen molar-refractivity contribution in [2.45, 2.75) is 38.6 Å². The molecule has 8 nitrogen and oxygen atoms in total. The van der Waals surface area contributed by atoms with Crippen molar-refractivity contribution in [1.82, 2.24) is 19.5 Å². The molecule has 0 saturated carbocycles. The Labute approximate surface area is 170 Å². The van der Waals surface area contributed by atoms with Crippen molar-refractivity contribution < 1.29 is 9.59 Å². The van der Waals surface area contributed by atoms with Crippen LogP contribution < -0.4 is 16.0 Å². The van der Waals surface area contributed by atoms with Crippen LogP contribution in [0.15, 0.2) is 23.0 Å². The number of carbonyl (C=O) groups is 2. The lowest BCUT2D eigenvalue weighted by Gasteiger charge is -2.32. The number of hydrogen-bond donors (Lipinski definition) is 1.